The lowest BCUT2D eigenvalue weighted by atomic mass is 10.1. The van der Waals surface area contributed by atoms with Crippen molar-refractivity contribution in [3.63, 3.8) is 0 Å². The average Bonchev–Trinajstić information content (AvgIpc) is 2.72. The number of hydrogen-bond acceptors (Lipinski definition) is 3. The van der Waals surface area contributed by atoms with E-state index in [1.54, 1.807) is 0 Å². The fourth-order valence-corrected chi connectivity index (χ4v) is 3.15. The highest BCUT2D eigenvalue weighted by Gasteiger charge is 2.13. The molecule has 0 atom stereocenters. The first-order valence-corrected chi connectivity index (χ1v) is 6.79. The van der Waals surface area contributed by atoms with E-state index in [0.29, 0.717) is 0 Å². The highest BCUT2D eigenvalue weighted by atomic mass is 32.1. The molecule has 0 aliphatic carbocycles. The van der Waals surface area contributed by atoms with E-state index in [1.165, 1.54) is 20.8 Å². The second-order valence-electron chi connectivity index (χ2n) is 4.73. The maximum Gasteiger partial charge on any atom is 0.120 e. The summed E-state index contributed by atoms with van der Waals surface area (Å²) >= 11 is 1.82. The summed E-state index contributed by atoms with van der Waals surface area (Å²) in [6.45, 7) is 4.30. The summed E-state index contributed by atoms with van der Waals surface area (Å²) in [5, 5.41) is 1.21. The van der Waals surface area contributed by atoms with Crippen LogP contribution in [0.1, 0.15) is 17.0 Å². The van der Waals surface area contributed by atoms with Crippen molar-refractivity contribution >= 4 is 27.1 Å². The van der Waals surface area contributed by atoms with Crippen molar-refractivity contribution in [1.29, 1.82) is 0 Å². The van der Waals surface area contributed by atoms with E-state index in [0.717, 1.165) is 25.0 Å². The fraction of sp³-hybridized carbons (Fsp3) is 0.357. The Labute approximate surface area is 106 Å². The molecule has 2 heterocycles. The molecular formula is C14H16N2S. The summed E-state index contributed by atoms with van der Waals surface area (Å²) in [7, 11) is 2.16. The second-order valence-corrected chi connectivity index (χ2v) is 5.76. The van der Waals surface area contributed by atoms with Crippen LogP contribution in [0.5, 0.6) is 0 Å². The molecule has 0 unspecified atom stereocenters. The van der Waals surface area contributed by atoms with Gasteiger partial charge in [0.1, 0.15) is 5.01 Å². The molecule has 88 valence electrons. The molecule has 1 aliphatic rings. The van der Waals surface area contributed by atoms with Crippen molar-refractivity contribution in [3.8, 4) is 0 Å². The molecule has 0 fully saturated rings. The maximum atomic E-state index is 4.75. The molecule has 0 saturated heterocycles. The molecule has 0 radical (unpaired) electrons. The van der Waals surface area contributed by atoms with Gasteiger partial charge in [-0.1, -0.05) is 12.1 Å². The van der Waals surface area contributed by atoms with Gasteiger partial charge in [0, 0.05) is 13.1 Å². The van der Waals surface area contributed by atoms with E-state index < -0.39 is 0 Å². The Morgan fingerprint density at radius 2 is 2.24 bits per heavy atom. The van der Waals surface area contributed by atoms with E-state index in [-0.39, 0.29) is 0 Å². The van der Waals surface area contributed by atoms with Gasteiger partial charge in [0.2, 0.25) is 0 Å². The normalized spacial score (nSPS) is 17.4. The minimum absolute atomic E-state index is 1.05. The zero-order valence-electron chi connectivity index (χ0n) is 10.2. The van der Waals surface area contributed by atoms with Crippen molar-refractivity contribution in [2.24, 2.45) is 0 Å². The summed E-state index contributed by atoms with van der Waals surface area (Å²) in [5.74, 6) is 0. The van der Waals surface area contributed by atoms with Crippen LogP contribution >= 0.6 is 11.3 Å². The average molecular weight is 244 g/mol. The Morgan fingerprint density at radius 1 is 1.35 bits per heavy atom. The number of thiazole rings is 1. The van der Waals surface area contributed by atoms with Crippen LogP contribution in [0.2, 0.25) is 0 Å². The minimum atomic E-state index is 1.05. The molecule has 1 aromatic heterocycles. The molecule has 3 heteroatoms. The van der Waals surface area contributed by atoms with Gasteiger partial charge in [-0.25, -0.2) is 4.98 Å². The Bertz CT molecular complexity index is 583. The summed E-state index contributed by atoms with van der Waals surface area (Å²) in [4.78, 5) is 7.09. The smallest absolute Gasteiger partial charge is 0.120 e. The first-order valence-electron chi connectivity index (χ1n) is 5.97. The number of aryl methyl sites for hydroxylation is 1. The summed E-state index contributed by atoms with van der Waals surface area (Å²) in [5.41, 5.74) is 3.85. The standard InChI is InChI=1S/C14H16N2S/c1-10-3-4-13-12(9-10)15-14(17-13)11-5-7-16(2)8-6-11/h3-5,9H,6-8H2,1-2H3. The highest BCUT2D eigenvalue weighted by molar-refractivity contribution is 7.19. The van der Waals surface area contributed by atoms with E-state index in [1.807, 2.05) is 11.3 Å². The van der Waals surface area contributed by atoms with Gasteiger partial charge >= 0.3 is 0 Å². The lowest BCUT2D eigenvalue weighted by Crippen LogP contribution is -2.23. The summed E-state index contributed by atoms with van der Waals surface area (Å²) in [6.07, 6.45) is 3.43. The number of likely N-dealkylation sites (N-methyl/N-ethyl adjacent to an activating group) is 1. The zero-order valence-corrected chi connectivity index (χ0v) is 11.0. The van der Waals surface area contributed by atoms with Gasteiger partial charge in [-0.05, 0) is 43.7 Å². The lowest BCUT2D eigenvalue weighted by Gasteiger charge is -2.20. The first-order chi connectivity index (χ1) is 8.22. The third-order valence-electron chi connectivity index (χ3n) is 3.23. The molecule has 1 aliphatic heterocycles. The van der Waals surface area contributed by atoms with Crippen LogP contribution in [0.25, 0.3) is 15.8 Å². The van der Waals surface area contributed by atoms with Gasteiger partial charge in [-0.2, -0.15) is 0 Å². The number of benzene rings is 1. The lowest BCUT2D eigenvalue weighted by molar-refractivity contribution is 0.370. The molecule has 0 amide bonds. The molecule has 17 heavy (non-hydrogen) atoms. The van der Waals surface area contributed by atoms with Gasteiger partial charge in [0.25, 0.3) is 0 Å². The van der Waals surface area contributed by atoms with Crippen molar-refractivity contribution in [3.05, 3.63) is 34.8 Å². The molecule has 2 aromatic rings. The van der Waals surface area contributed by atoms with Crippen molar-refractivity contribution < 1.29 is 0 Å². The van der Waals surface area contributed by atoms with Gasteiger partial charge in [0.05, 0.1) is 10.2 Å². The van der Waals surface area contributed by atoms with Crippen LogP contribution < -0.4 is 0 Å². The van der Waals surface area contributed by atoms with Crippen LogP contribution in [0.15, 0.2) is 24.3 Å². The number of hydrogen-bond donors (Lipinski definition) is 0. The van der Waals surface area contributed by atoms with Crippen LogP contribution in [-0.4, -0.2) is 30.0 Å². The SMILES string of the molecule is Cc1ccc2sc(C3=CCN(C)CC3)nc2c1. The van der Waals surface area contributed by atoms with Crippen LogP contribution in [0.4, 0.5) is 0 Å². The second kappa shape index (κ2) is 4.24. The molecule has 1 aromatic carbocycles. The van der Waals surface area contributed by atoms with E-state index in [2.05, 4.69) is 43.1 Å². The highest BCUT2D eigenvalue weighted by Crippen LogP contribution is 2.30. The maximum absolute atomic E-state index is 4.75. The van der Waals surface area contributed by atoms with Gasteiger partial charge in [-0.15, -0.1) is 11.3 Å². The molecular weight excluding hydrogens is 228 g/mol. The Kier molecular flexibility index (Phi) is 2.73. The van der Waals surface area contributed by atoms with E-state index in [4.69, 9.17) is 4.98 Å². The predicted octanol–water partition coefficient (Wildman–Crippen LogP) is 3.32. The van der Waals surface area contributed by atoms with E-state index in [9.17, 15) is 0 Å². The van der Waals surface area contributed by atoms with E-state index >= 15 is 0 Å². The Hall–Kier alpha value is -1.19. The molecule has 2 nitrogen and oxygen atoms in total. The quantitative estimate of drug-likeness (QED) is 0.765. The number of rotatable bonds is 1. The van der Waals surface area contributed by atoms with Crippen LogP contribution in [-0.2, 0) is 0 Å². The fourth-order valence-electron chi connectivity index (χ4n) is 2.14. The molecule has 0 bridgehead atoms. The van der Waals surface area contributed by atoms with Gasteiger partial charge in [0.15, 0.2) is 0 Å². The van der Waals surface area contributed by atoms with Crippen LogP contribution in [0, 0.1) is 6.92 Å². The van der Waals surface area contributed by atoms with Crippen molar-refractivity contribution in [2.45, 2.75) is 13.3 Å². The summed E-state index contributed by atoms with van der Waals surface area (Å²) in [6, 6.07) is 6.51. The zero-order chi connectivity index (χ0) is 11.8. The molecule has 0 N–H and O–H groups in total. The van der Waals surface area contributed by atoms with Crippen molar-refractivity contribution in [1.82, 2.24) is 9.88 Å². The predicted molar refractivity (Wildman–Crippen MR) is 74.4 cm³/mol. The van der Waals surface area contributed by atoms with Crippen LogP contribution in [0.3, 0.4) is 0 Å². The largest absolute Gasteiger partial charge is 0.302 e. The van der Waals surface area contributed by atoms with Gasteiger partial charge < -0.3 is 4.90 Å². The Morgan fingerprint density at radius 3 is 3.00 bits per heavy atom. The molecule has 3 rings (SSSR count). The topological polar surface area (TPSA) is 16.1 Å². The summed E-state index contributed by atoms with van der Waals surface area (Å²) < 4.78 is 1.30. The van der Waals surface area contributed by atoms with Crippen molar-refractivity contribution in [2.75, 3.05) is 20.1 Å². The number of nitrogens with zero attached hydrogens (tertiary/aromatic N) is 2. The monoisotopic (exact) mass is 244 g/mol. The van der Waals surface area contributed by atoms with Gasteiger partial charge in [-0.3, -0.25) is 0 Å². The third-order valence-corrected chi connectivity index (χ3v) is 4.34. The third kappa shape index (κ3) is 2.13. The number of aromatic nitrogens is 1. The molecule has 0 spiro atoms. The Balaban J connectivity index is 2.01. The first kappa shape index (κ1) is 10.9. The number of fused-ring (bicyclic) bond motifs is 1. The minimum Gasteiger partial charge on any atom is -0.302 e. The molecule has 0 saturated carbocycles.